The lowest BCUT2D eigenvalue weighted by molar-refractivity contribution is -0.890. The minimum Gasteiger partial charge on any atom is -0.385 e. The summed E-state index contributed by atoms with van der Waals surface area (Å²) in [4.78, 5) is 21.1. The predicted octanol–water partition coefficient (Wildman–Crippen LogP) is 4.50. The van der Waals surface area contributed by atoms with Crippen LogP contribution in [0.1, 0.15) is 24.0 Å². The Labute approximate surface area is 183 Å². The van der Waals surface area contributed by atoms with Crippen LogP contribution >= 0.6 is 0 Å². The van der Waals surface area contributed by atoms with Crippen LogP contribution in [0.2, 0.25) is 0 Å². The summed E-state index contributed by atoms with van der Waals surface area (Å²) in [7, 11) is 4.40. The van der Waals surface area contributed by atoms with Crippen LogP contribution in [-0.4, -0.2) is 54.6 Å². The normalized spacial score (nSPS) is 11.2. The van der Waals surface area contributed by atoms with Gasteiger partial charge in [-0.1, -0.05) is 0 Å². The second kappa shape index (κ2) is 10.7. The fourth-order valence-electron chi connectivity index (χ4n) is 3.53. The van der Waals surface area contributed by atoms with Crippen molar-refractivity contribution in [2.24, 2.45) is 0 Å². The average molecular weight is 431 g/mol. The van der Waals surface area contributed by atoms with Gasteiger partial charge in [-0.15, -0.1) is 0 Å². The molecular formula is C22H32N5O4+. The van der Waals surface area contributed by atoms with E-state index in [-0.39, 0.29) is 21.2 Å². The third-order valence-electron chi connectivity index (χ3n) is 5.33. The van der Waals surface area contributed by atoms with Crippen molar-refractivity contribution in [1.82, 2.24) is 0 Å². The molecule has 0 aliphatic rings. The molecule has 0 saturated heterocycles. The van der Waals surface area contributed by atoms with Crippen molar-refractivity contribution in [3.8, 4) is 0 Å². The molecule has 0 amide bonds. The highest BCUT2D eigenvalue weighted by Gasteiger charge is 2.15. The van der Waals surface area contributed by atoms with Crippen molar-refractivity contribution in [1.29, 1.82) is 0 Å². The highest BCUT2D eigenvalue weighted by molar-refractivity contribution is 5.54. The van der Waals surface area contributed by atoms with Crippen LogP contribution in [0, 0.1) is 34.1 Å². The number of quaternary nitrogens is 1. The topological polar surface area (TPSA) is 110 Å². The van der Waals surface area contributed by atoms with Gasteiger partial charge in [0.1, 0.15) is 0 Å². The molecule has 2 aromatic rings. The number of nitrogens with one attached hydrogen (secondary N) is 2. The van der Waals surface area contributed by atoms with Gasteiger partial charge in [0.15, 0.2) is 0 Å². The van der Waals surface area contributed by atoms with Gasteiger partial charge in [0, 0.05) is 60.6 Å². The van der Waals surface area contributed by atoms with Crippen molar-refractivity contribution >= 4 is 22.7 Å². The molecule has 0 heterocycles. The Bertz CT molecular complexity index is 857. The molecule has 0 aromatic heterocycles. The largest absolute Gasteiger partial charge is 0.385 e. The number of benzene rings is 2. The molecule has 9 heteroatoms. The molecule has 9 nitrogen and oxygen atoms in total. The Hall–Kier alpha value is -3.20. The summed E-state index contributed by atoms with van der Waals surface area (Å²) >= 11 is 0. The van der Waals surface area contributed by atoms with E-state index in [1.165, 1.54) is 12.1 Å². The van der Waals surface area contributed by atoms with E-state index in [1.807, 2.05) is 12.1 Å². The van der Waals surface area contributed by atoms with Gasteiger partial charge < -0.3 is 15.1 Å². The molecule has 31 heavy (non-hydrogen) atoms. The number of nitro groups is 2. The maximum absolute atomic E-state index is 10.9. The SMILES string of the molecule is Cc1cc(NCCC[N+](C)(C)CCCNc2ccc([N+](=O)[O-])c(C)c2)ccc1[N+](=O)[O-]. The summed E-state index contributed by atoms with van der Waals surface area (Å²) in [6.45, 7) is 7.12. The monoisotopic (exact) mass is 430 g/mol. The van der Waals surface area contributed by atoms with Crippen molar-refractivity contribution in [2.75, 3.05) is 50.9 Å². The van der Waals surface area contributed by atoms with Gasteiger partial charge in [-0.05, 0) is 38.1 Å². The fourth-order valence-corrected chi connectivity index (χ4v) is 3.53. The van der Waals surface area contributed by atoms with Gasteiger partial charge in [-0.25, -0.2) is 0 Å². The molecule has 0 aliphatic heterocycles. The Kier molecular flexibility index (Phi) is 8.32. The summed E-state index contributed by atoms with van der Waals surface area (Å²) in [6.07, 6.45) is 1.97. The third kappa shape index (κ3) is 7.53. The van der Waals surface area contributed by atoms with E-state index >= 15 is 0 Å². The molecule has 0 saturated carbocycles. The van der Waals surface area contributed by atoms with Crippen molar-refractivity contribution in [3.63, 3.8) is 0 Å². The summed E-state index contributed by atoms with van der Waals surface area (Å²) < 4.78 is 0.891. The zero-order valence-electron chi connectivity index (χ0n) is 18.7. The van der Waals surface area contributed by atoms with Gasteiger partial charge in [0.2, 0.25) is 0 Å². The first-order valence-corrected chi connectivity index (χ1v) is 10.4. The molecule has 0 spiro atoms. The number of rotatable bonds is 12. The van der Waals surface area contributed by atoms with Crippen LogP contribution in [-0.2, 0) is 0 Å². The van der Waals surface area contributed by atoms with E-state index in [4.69, 9.17) is 0 Å². The zero-order valence-corrected chi connectivity index (χ0v) is 18.7. The van der Waals surface area contributed by atoms with E-state index in [0.29, 0.717) is 11.1 Å². The van der Waals surface area contributed by atoms with Gasteiger partial charge in [0.05, 0.1) is 37.0 Å². The predicted molar refractivity (Wildman–Crippen MR) is 124 cm³/mol. The van der Waals surface area contributed by atoms with Crippen molar-refractivity contribution in [2.45, 2.75) is 26.7 Å². The van der Waals surface area contributed by atoms with Gasteiger partial charge in [0.25, 0.3) is 11.4 Å². The molecule has 0 atom stereocenters. The molecule has 0 bridgehead atoms. The zero-order chi connectivity index (χ0) is 23.0. The maximum atomic E-state index is 10.9. The minimum atomic E-state index is -0.364. The number of nitro benzene ring substituents is 2. The highest BCUT2D eigenvalue weighted by atomic mass is 16.6. The smallest absolute Gasteiger partial charge is 0.272 e. The van der Waals surface area contributed by atoms with E-state index in [1.54, 1.807) is 26.0 Å². The van der Waals surface area contributed by atoms with E-state index in [2.05, 4.69) is 24.7 Å². The maximum Gasteiger partial charge on any atom is 0.272 e. The van der Waals surface area contributed by atoms with Crippen LogP contribution in [0.15, 0.2) is 36.4 Å². The molecule has 0 unspecified atom stereocenters. The highest BCUT2D eigenvalue weighted by Crippen LogP contribution is 2.22. The first-order chi connectivity index (χ1) is 14.6. The molecule has 0 radical (unpaired) electrons. The fraction of sp³-hybridized carbons (Fsp3) is 0.455. The summed E-state index contributed by atoms with van der Waals surface area (Å²) in [5.74, 6) is 0. The average Bonchev–Trinajstić information content (AvgIpc) is 2.68. The van der Waals surface area contributed by atoms with Gasteiger partial charge >= 0.3 is 0 Å². The minimum absolute atomic E-state index is 0.140. The number of aryl methyl sites for hydroxylation is 2. The first-order valence-electron chi connectivity index (χ1n) is 10.4. The third-order valence-corrected chi connectivity index (χ3v) is 5.33. The lowest BCUT2D eigenvalue weighted by Gasteiger charge is -2.30. The van der Waals surface area contributed by atoms with Crippen LogP contribution < -0.4 is 10.6 Å². The van der Waals surface area contributed by atoms with E-state index in [0.717, 1.165) is 54.9 Å². The van der Waals surface area contributed by atoms with Crippen LogP contribution in [0.3, 0.4) is 0 Å². The Morgan fingerprint density at radius 3 is 1.48 bits per heavy atom. The second-order valence-electron chi connectivity index (χ2n) is 8.46. The van der Waals surface area contributed by atoms with E-state index in [9.17, 15) is 20.2 Å². The van der Waals surface area contributed by atoms with Gasteiger partial charge in [-0.3, -0.25) is 20.2 Å². The molecule has 2 N–H and O–H groups in total. The second-order valence-corrected chi connectivity index (χ2v) is 8.46. The molecule has 2 rings (SSSR count). The van der Waals surface area contributed by atoms with Gasteiger partial charge in [-0.2, -0.15) is 0 Å². The first kappa shape index (κ1) is 24.1. The number of hydrogen-bond acceptors (Lipinski definition) is 6. The molecule has 0 aliphatic carbocycles. The van der Waals surface area contributed by atoms with Crippen molar-refractivity contribution < 1.29 is 14.3 Å². The quantitative estimate of drug-likeness (QED) is 0.222. The summed E-state index contributed by atoms with van der Waals surface area (Å²) in [5, 5.41) is 28.5. The molecule has 168 valence electrons. The number of nitrogens with zero attached hydrogens (tertiary/aromatic N) is 3. The lowest BCUT2D eigenvalue weighted by atomic mass is 10.2. The van der Waals surface area contributed by atoms with E-state index < -0.39 is 0 Å². The van der Waals surface area contributed by atoms with Crippen LogP contribution in [0.5, 0.6) is 0 Å². The number of hydrogen-bond donors (Lipinski definition) is 2. The standard InChI is InChI=1S/C22H32N5O4/c1-17-15-19(7-9-21(17)25(28)29)23-11-5-13-27(3,4)14-6-12-24-20-8-10-22(26(30)31)18(2)16-20/h7-10,15-16,23-24H,5-6,11-14H2,1-4H3/q+1. The number of anilines is 2. The van der Waals surface area contributed by atoms with Crippen molar-refractivity contribution in [3.05, 3.63) is 67.8 Å². The lowest BCUT2D eigenvalue weighted by Crippen LogP contribution is -2.42. The Morgan fingerprint density at radius 1 is 0.774 bits per heavy atom. The Balaban J connectivity index is 1.69. The Morgan fingerprint density at radius 2 is 1.16 bits per heavy atom. The molecular weight excluding hydrogens is 398 g/mol. The summed E-state index contributed by atoms with van der Waals surface area (Å²) in [5.41, 5.74) is 3.39. The molecule has 0 fully saturated rings. The van der Waals surface area contributed by atoms with Crippen LogP contribution in [0.25, 0.3) is 0 Å². The summed E-state index contributed by atoms with van der Waals surface area (Å²) in [6, 6.07) is 10.2. The van der Waals surface area contributed by atoms with Crippen LogP contribution in [0.4, 0.5) is 22.7 Å². The molecule has 2 aromatic carbocycles.